The minimum Gasteiger partial charge on any atom is -0.368 e. The van der Waals surface area contributed by atoms with Gasteiger partial charge in [-0.15, -0.1) is 0 Å². The quantitative estimate of drug-likeness (QED) is 0.754. The molecule has 0 aromatic carbocycles. The smallest absolute Gasteiger partial charge is 0.220 e. The summed E-state index contributed by atoms with van der Waals surface area (Å²) < 4.78 is 0. The fraction of sp³-hybridized carbons (Fsp3) is 0.353. The monoisotopic (exact) mass is 295 g/mol. The number of aromatic amines is 1. The second kappa shape index (κ2) is 6.13. The maximum Gasteiger partial charge on any atom is 0.220 e. The molecule has 3 N–H and O–H groups in total. The Balaban J connectivity index is 2.01. The van der Waals surface area contributed by atoms with Crippen LogP contribution in [0.25, 0.3) is 22.3 Å². The van der Waals surface area contributed by atoms with E-state index in [0.717, 1.165) is 34.6 Å². The van der Waals surface area contributed by atoms with Gasteiger partial charge in [-0.05, 0) is 36.5 Å². The molecular weight excluding hydrogens is 274 g/mol. The first-order valence-corrected chi connectivity index (χ1v) is 7.69. The van der Waals surface area contributed by atoms with Crippen LogP contribution in [-0.2, 0) is 6.42 Å². The van der Waals surface area contributed by atoms with E-state index in [1.54, 1.807) is 6.20 Å². The first-order valence-electron chi connectivity index (χ1n) is 7.69. The predicted octanol–water partition coefficient (Wildman–Crippen LogP) is 3.58. The van der Waals surface area contributed by atoms with Crippen molar-refractivity contribution in [1.29, 1.82) is 0 Å². The van der Waals surface area contributed by atoms with E-state index in [1.165, 1.54) is 18.4 Å². The Bertz CT molecular complexity index is 776. The molecule has 0 fully saturated rings. The van der Waals surface area contributed by atoms with Gasteiger partial charge < -0.3 is 10.7 Å². The number of anilines is 1. The molecular formula is C17H21N5. The van der Waals surface area contributed by atoms with E-state index < -0.39 is 0 Å². The Morgan fingerprint density at radius 2 is 2.00 bits per heavy atom. The van der Waals surface area contributed by atoms with Crippen molar-refractivity contribution in [2.45, 2.75) is 33.1 Å². The molecule has 0 saturated heterocycles. The van der Waals surface area contributed by atoms with Gasteiger partial charge in [0.2, 0.25) is 5.95 Å². The Morgan fingerprint density at radius 3 is 2.77 bits per heavy atom. The molecule has 0 saturated carbocycles. The normalized spacial score (nSPS) is 11.4. The lowest BCUT2D eigenvalue weighted by Crippen LogP contribution is -1.96. The maximum absolute atomic E-state index is 5.71. The molecule has 3 aromatic rings. The van der Waals surface area contributed by atoms with E-state index in [2.05, 4.69) is 39.8 Å². The van der Waals surface area contributed by atoms with Crippen LogP contribution >= 0.6 is 0 Å². The summed E-state index contributed by atoms with van der Waals surface area (Å²) in [6, 6.07) is 3.98. The molecule has 0 aliphatic rings. The third-order valence-corrected chi connectivity index (χ3v) is 3.84. The number of H-pyrrole nitrogens is 1. The number of nitrogen functional groups attached to an aromatic ring is 1. The van der Waals surface area contributed by atoms with Crippen LogP contribution in [0.3, 0.4) is 0 Å². The highest BCUT2D eigenvalue weighted by Crippen LogP contribution is 2.30. The zero-order chi connectivity index (χ0) is 15.5. The van der Waals surface area contributed by atoms with Crippen LogP contribution in [0.5, 0.6) is 0 Å². The molecule has 0 amide bonds. The van der Waals surface area contributed by atoms with Crippen molar-refractivity contribution in [2.75, 3.05) is 5.73 Å². The summed E-state index contributed by atoms with van der Waals surface area (Å²) in [5, 5.41) is 1.14. The van der Waals surface area contributed by atoms with E-state index in [4.69, 9.17) is 5.73 Å². The van der Waals surface area contributed by atoms with Gasteiger partial charge in [0.25, 0.3) is 0 Å². The van der Waals surface area contributed by atoms with Crippen molar-refractivity contribution >= 4 is 17.0 Å². The lowest BCUT2D eigenvalue weighted by Gasteiger charge is -2.07. The third-order valence-electron chi connectivity index (χ3n) is 3.84. The number of nitrogens with two attached hydrogens (primary N) is 1. The van der Waals surface area contributed by atoms with Gasteiger partial charge in [0, 0.05) is 29.5 Å². The molecule has 114 valence electrons. The topological polar surface area (TPSA) is 80.5 Å². The van der Waals surface area contributed by atoms with Crippen molar-refractivity contribution < 1.29 is 0 Å². The number of fused-ring (bicyclic) bond motifs is 1. The van der Waals surface area contributed by atoms with E-state index in [9.17, 15) is 0 Å². The first kappa shape index (κ1) is 14.5. The average Bonchev–Trinajstić information content (AvgIpc) is 2.92. The van der Waals surface area contributed by atoms with Crippen LogP contribution in [0.1, 0.15) is 32.3 Å². The Morgan fingerprint density at radius 1 is 1.18 bits per heavy atom. The van der Waals surface area contributed by atoms with Gasteiger partial charge in [-0.25, -0.2) is 15.0 Å². The summed E-state index contributed by atoms with van der Waals surface area (Å²) in [6.07, 6.45) is 8.94. The fourth-order valence-electron chi connectivity index (χ4n) is 2.76. The van der Waals surface area contributed by atoms with Crippen LogP contribution < -0.4 is 5.73 Å². The van der Waals surface area contributed by atoms with Crippen molar-refractivity contribution in [3.8, 4) is 11.3 Å². The zero-order valence-electron chi connectivity index (χ0n) is 13.0. The summed E-state index contributed by atoms with van der Waals surface area (Å²) in [5.74, 6) is 1.02. The molecule has 5 nitrogen and oxygen atoms in total. The zero-order valence-corrected chi connectivity index (χ0v) is 13.0. The van der Waals surface area contributed by atoms with E-state index >= 15 is 0 Å². The minimum atomic E-state index is 0.289. The van der Waals surface area contributed by atoms with Crippen LogP contribution in [0.2, 0.25) is 0 Å². The molecule has 5 heteroatoms. The Hall–Kier alpha value is -2.43. The lowest BCUT2D eigenvalue weighted by atomic mass is 9.99. The predicted molar refractivity (Wildman–Crippen MR) is 89.3 cm³/mol. The number of hydrogen-bond donors (Lipinski definition) is 2. The molecule has 0 aliphatic carbocycles. The molecule has 0 bridgehead atoms. The van der Waals surface area contributed by atoms with Crippen LogP contribution in [0.4, 0.5) is 5.95 Å². The number of nitrogens with zero attached hydrogens (tertiary/aromatic N) is 3. The third kappa shape index (κ3) is 2.93. The molecule has 0 atom stereocenters. The van der Waals surface area contributed by atoms with E-state index in [-0.39, 0.29) is 5.95 Å². The highest BCUT2D eigenvalue weighted by Gasteiger charge is 2.12. The van der Waals surface area contributed by atoms with Gasteiger partial charge in [-0.3, -0.25) is 0 Å². The molecule has 0 unspecified atom stereocenters. The summed E-state index contributed by atoms with van der Waals surface area (Å²) in [4.78, 5) is 16.0. The maximum atomic E-state index is 5.71. The van der Waals surface area contributed by atoms with E-state index in [1.807, 2.05) is 18.5 Å². The van der Waals surface area contributed by atoms with Gasteiger partial charge >= 0.3 is 0 Å². The van der Waals surface area contributed by atoms with Crippen molar-refractivity contribution in [1.82, 2.24) is 19.9 Å². The number of aryl methyl sites for hydroxylation is 1. The van der Waals surface area contributed by atoms with Crippen molar-refractivity contribution in [2.24, 2.45) is 5.92 Å². The van der Waals surface area contributed by atoms with Gasteiger partial charge in [0.15, 0.2) is 0 Å². The highest BCUT2D eigenvalue weighted by atomic mass is 15.0. The highest BCUT2D eigenvalue weighted by molar-refractivity contribution is 5.95. The Kier molecular flexibility index (Phi) is 4.04. The number of pyridine rings is 1. The standard InChI is InChI=1S/C17H21N5/c1-11(2)4-3-5-12-6-8-19-16-15(12)13(10-21-16)14-7-9-20-17(18)22-14/h6-11H,3-5H2,1-2H3,(H,19,21)(H2,18,20,22). The molecule has 3 aromatic heterocycles. The summed E-state index contributed by atoms with van der Waals surface area (Å²) in [5.41, 5.74) is 9.78. The molecule has 0 spiro atoms. The molecule has 22 heavy (non-hydrogen) atoms. The number of aromatic nitrogens is 4. The van der Waals surface area contributed by atoms with Crippen LogP contribution in [0, 0.1) is 5.92 Å². The second-order valence-electron chi connectivity index (χ2n) is 5.98. The van der Waals surface area contributed by atoms with Crippen LogP contribution in [-0.4, -0.2) is 19.9 Å². The molecule has 3 heterocycles. The van der Waals surface area contributed by atoms with Gasteiger partial charge in [-0.2, -0.15) is 0 Å². The minimum absolute atomic E-state index is 0.289. The summed E-state index contributed by atoms with van der Waals surface area (Å²) >= 11 is 0. The summed E-state index contributed by atoms with van der Waals surface area (Å²) in [7, 11) is 0. The fourth-order valence-corrected chi connectivity index (χ4v) is 2.76. The largest absolute Gasteiger partial charge is 0.368 e. The number of nitrogens with one attached hydrogen (secondary N) is 1. The summed E-state index contributed by atoms with van der Waals surface area (Å²) in [6.45, 7) is 4.51. The van der Waals surface area contributed by atoms with Crippen LogP contribution in [0.15, 0.2) is 30.7 Å². The second-order valence-corrected chi connectivity index (χ2v) is 5.98. The molecule has 0 radical (unpaired) electrons. The Labute approximate surface area is 130 Å². The lowest BCUT2D eigenvalue weighted by molar-refractivity contribution is 0.556. The molecule has 3 rings (SSSR count). The first-order chi connectivity index (χ1) is 10.6. The van der Waals surface area contributed by atoms with Crippen molar-refractivity contribution in [3.05, 3.63) is 36.3 Å². The van der Waals surface area contributed by atoms with Gasteiger partial charge in [0.1, 0.15) is 5.65 Å². The number of rotatable bonds is 5. The molecule has 0 aliphatic heterocycles. The van der Waals surface area contributed by atoms with E-state index in [0.29, 0.717) is 0 Å². The van der Waals surface area contributed by atoms with Crippen molar-refractivity contribution in [3.63, 3.8) is 0 Å². The SMILES string of the molecule is CC(C)CCCc1ccnc2[nH]cc(-c3ccnc(N)n3)c12. The van der Waals surface area contributed by atoms with Gasteiger partial charge in [-0.1, -0.05) is 20.3 Å². The van der Waals surface area contributed by atoms with Gasteiger partial charge in [0.05, 0.1) is 5.69 Å². The number of hydrogen-bond acceptors (Lipinski definition) is 4. The average molecular weight is 295 g/mol.